The fourth-order valence-electron chi connectivity index (χ4n) is 1.14. The number of benzene rings is 1. The van der Waals surface area contributed by atoms with Crippen LogP contribution in [0.1, 0.15) is 0 Å². The highest BCUT2D eigenvalue weighted by molar-refractivity contribution is 7.85. The number of nitrogens with two attached hydrogens (primary N) is 1. The van der Waals surface area contributed by atoms with Crippen molar-refractivity contribution in [3.8, 4) is 5.75 Å². The third-order valence-corrected chi connectivity index (χ3v) is 3.45. The molecule has 0 aromatic heterocycles. The number of aliphatic hydroxyl groups excluding tert-OH is 1. The van der Waals surface area contributed by atoms with Crippen molar-refractivity contribution in [2.24, 2.45) is 5.73 Å². The van der Waals surface area contributed by atoms with Gasteiger partial charge in [0.1, 0.15) is 5.75 Å². The van der Waals surface area contributed by atoms with E-state index in [9.17, 15) is 9.32 Å². The summed E-state index contributed by atoms with van der Waals surface area (Å²) in [6.45, 7) is 0.112. The van der Waals surface area contributed by atoms with Gasteiger partial charge >= 0.3 is 0 Å². The van der Waals surface area contributed by atoms with Crippen LogP contribution < -0.4 is 10.5 Å². The van der Waals surface area contributed by atoms with Gasteiger partial charge in [-0.1, -0.05) is 12.1 Å². The van der Waals surface area contributed by atoms with E-state index in [2.05, 4.69) is 0 Å². The number of para-hydroxylation sites is 1. The first kappa shape index (κ1) is 12.2. The lowest BCUT2D eigenvalue weighted by Crippen LogP contribution is -2.26. The first-order chi connectivity index (χ1) is 7.19. The zero-order chi connectivity index (χ0) is 11.3. The lowest BCUT2D eigenvalue weighted by molar-refractivity contribution is 0.207. The van der Waals surface area contributed by atoms with Crippen molar-refractivity contribution >= 4 is 10.8 Å². The lowest BCUT2D eigenvalue weighted by atomic mass is 10.3. The monoisotopic (exact) mass is 229 g/mol. The molecular formula is C10H15NO3S. The topological polar surface area (TPSA) is 72.5 Å². The summed E-state index contributed by atoms with van der Waals surface area (Å²) >= 11 is 0. The molecule has 15 heavy (non-hydrogen) atoms. The molecule has 0 saturated heterocycles. The van der Waals surface area contributed by atoms with Gasteiger partial charge in [0.15, 0.2) is 0 Å². The van der Waals surface area contributed by atoms with Crippen LogP contribution in [0.25, 0.3) is 0 Å². The standard InChI is InChI=1S/C10H15NO3S/c1-14-9-4-2-3-5-10(9)15(13)7-8(12)6-11/h2-5,8,12H,6-7,11H2,1H3. The third-order valence-electron chi connectivity index (χ3n) is 1.93. The van der Waals surface area contributed by atoms with Gasteiger partial charge in [0, 0.05) is 6.54 Å². The summed E-state index contributed by atoms with van der Waals surface area (Å²) in [7, 11) is 0.243. The predicted molar refractivity (Wildman–Crippen MR) is 59.3 cm³/mol. The molecule has 1 rings (SSSR count). The second kappa shape index (κ2) is 5.85. The summed E-state index contributed by atoms with van der Waals surface area (Å²) in [5.41, 5.74) is 5.25. The summed E-state index contributed by atoms with van der Waals surface area (Å²) in [5.74, 6) is 0.705. The number of hydrogen-bond acceptors (Lipinski definition) is 4. The molecule has 0 aliphatic carbocycles. The van der Waals surface area contributed by atoms with Crippen molar-refractivity contribution in [1.82, 2.24) is 0 Å². The second-order valence-electron chi connectivity index (χ2n) is 3.05. The van der Waals surface area contributed by atoms with Crippen LogP contribution in [0.2, 0.25) is 0 Å². The summed E-state index contributed by atoms with van der Waals surface area (Å²) in [6, 6.07) is 7.05. The fourth-order valence-corrected chi connectivity index (χ4v) is 2.41. The van der Waals surface area contributed by atoms with Gasteiger partial charge in [0.25, 0.3) is 0 Å². The van der Waals surface area contributed by atoms with E-state index in [-0.39, 0.29) is 12.3 Å². The average Bonchev–Trinajstić information content (AvgIpc) is 2.28. The first-order valence-corrected chi connectivity index (χ1v) is 5.90. The van der Waals surface area contributed by atoms with Crippen molar-refractivity contribution in [2.75, 3.05) is 19.4 Å². The molecule has 4 nitrogen and oxygen atoms in total. The van der Waals surface area contributed by atoms with Crippen LogP contribution in [0.15, 0.2) is 29.2 Å². The smallest absolute Gasteiger partial charge is 0.134 e. The summed E-state index contributed by atoms with van der Waals surface area (Å²) in [4.78, 5) is 0.590. The largest absolute Gasteiger partial charge is 0.495 e. The maximum atomic E-state index is 11.8. The third kappa shape index (κ3) is 3.30. The molecule has 0 radical (unpaired) electrons. The molecule has 2 unspecified atom stereocenters. The van der Waals surface area contributed by atoms with E-state index in [4.69, 9.17) is 10.5 Å². The van der Waals surface area contributed by atoms with Gasteiger partial charge in [-0.2, -0.15) is 0 Å². The van der Waals surface area contributed by atoms with E-state index in [1.54, 1.807) is 24.3 Å². The van der Waals surface area contributed by atoms with Crippen molar-refractivity contribution in [1.29, 1.82) is 0 Å². The molecule has 0 spiro atoms. The molecule has 0 aliphatic heterocycles. The molecule has 0 fully saturated rings. The average molecular weight is 229 g/mol. The van der Waals surface area contributed by atoms with Gasteiger partial charge in [-0.05, 0) is 12.1 Å². The minimum atomic E-state index is -1.28. The number of aliphatic hydroxyl groups is 1. The number of methoxy groups -OCH3 is 1. The van der Waals surface area contributed by atoms with Crippen LogP contribution >= 0.6 is 0 Å². The maximum absolute atomic E-state index is 11.8. The lowest BCUT2D eigenvalue weighted by Gasteiger charge is -2.10. The molecule has 3 N–H and O–H groups in total. The Morgan fingerprint density at radius 1 is 1.53 bits per heavy atom. The van der Waals surface area contributed by atoms with E-state index in [1.165, 1.54) is 7.11 Å². The van der Waals surface area contributed by atoms with Crippen molar-refractivity contribution < 1.29 is 14.1 Å². The maximum Gasteiger partial charge on any atom is 0.134 e. The molecule has 0 bridgehead atoms. The highest BCUT2D eigenvalue weighted by atomic mass is 32.2. The van der Waals surface area contributed by atoms with Crippen LogP contribution in [0.5, 0.6) is 5.75 Å². The van der Waals surface area contributed by atoms with Crippen LogP contribution in [-0.2, 0) is 10.8 Å². The van der Waals surface area contributed by atoms with Gasteiger partial charge in [0.2, 0.25) is 0 Å². The SMILES string of the molecule is COc1ccccc1S(=O)CC(O)CN. The molecule has 5 heteroatoms. The van der Waals surface area contributed by atoms with E-state index < -0.39 is 16.9 Å². The Labute approximate surface area is 91.5 Å². The number of hydrogen-bond donors (Lipinski definition) is 2. The number of ether oxygens (including phenoxy) is 1. The van der Waals surface area contributed by atoms with E-state index in [0.717, 1.165) is 0 Å². The summed E-state index contributed by atoms with van der Waals surface area (Å²) in [6.07, 6.45) is -0.740. The van der Waals surface area contributed by atoms with Crippen LogP contribution in [0.4, 0.5) is 0 Å². The quantitative estimate of drug-likeness (QED) is 0.752. The van der Waals surface area contributed by atoms with Crippen LogP contribution in [-0.4, -0.2) is 34.8 Å². The molecule has 0 aliphatic rings. The zero-order valence-electron chi connectivity index (χ0n) is 8.55. The molecule has 2 atom stereocenters. The Morgan fingerprint density at radius 2 is 2.20 bits per heavy atom. The summed E-state index contributed by atoms with van der Waals surface area (Å²) < 4.78 is 16.9. The van der Waals surface area contributed by atoms with Gasteiger partial charge in [-0.3, -0.25) is 4.21 Å². The Bertz CT molecular complexity index is 343. The Morgan fingerprint density at radius 3 is 2.80 bits per heavy atom. The Hall–Kier alpha value is -0.910. The predicted octanol–water partition coefficient (Wildman–Crippen LogP) is 0.122. The molecule has 1 aromatic rings. The summed E-state index contributed by atoms with van der Waals surface area (Å²) in [5, 5.41) is 9.29. The van der Waals surface area contributed by atoms with Gasteiger partial charge in [-0.25, -0.2) is 0 Å². The molecule has 0 heterocycles. The van der Waals surface area contributed by atoms with Crippen molar-refractivity contribution in [2.45, 2.75) is 11.0 Å². The highest BCUT2D eigenvalue weighted by Crippen LogP contribution is 2.21. The van der Waals surface area contributed by atoms with E-state index in [1.807, 2.05) is 0 Å². The molecule has 1 aromatic carbocycles. The van der Waals surface area contributed by atoms with Crippen molar-refractivity contribution in [3.05, 3.63) is 24.3 Å². The normalized spacial score (nSPS) is 14.6. The molecular weight excluding hydrogens is 214 g/mol. The van der Waals surface area contributed by atoms with Gasteiger partial charge in [-0.15, -0.1) is 0 Å². The molecule has 84 valence electrons. The fraction of sp³-hybridized carbons (Fsp3) is 0.400. The van der Waals surface area contributed by atoms with E-state index >= 15 is 0 Å². The highest BCUT2D eigenvalue weighted by Gasteiger charge is 2.13. The first-order valence-electron chi connectivity index (χ1n) is 4.58. The Kier molecular flexibility index (Phi) is 4.74. The Balaban J connectivity index is 2.81. The molecule has 0 saturated carbocycles. The van der Waals surface area contributed by atoms with Gasteiger partial charge < -0.3 is 15.6 Å². The minimum absolute atomic E-state index is 0.112. The number of rotatable bonds is 5. The van der Waals surface area contributed by atoms with Crippen LogP contribution in [0, 0.1) is 0 Å². The van der Waals surface area contributed by atoms with Crippen LogP contribution in [0.3, 0.4) is 0 Å². The van der Waals surface area contributed by atoms with E-state index in [0.29, 0.717) is 10.6 Å². The minimum Gasteiger partial charge on any atom is -0.495 e. The second-order valence-corrected chi connectivity index (χ2v) is 4.52. The molecule has 0 amide bonds. The zero-order valence-corrected chi connectivity index (χ0v) is 9.37. The van der Waals surface area contributed by atoms with Crippen molar-refractivity contribution in [3.63, 3.8) is 0 Å². The van der Waals surface area contributed by atoms with Gasteiger partial charge in [0.05, 0.1) is 34.7 Å².